The lowest BCUT2D eigenvalue weighted by Crippen LogP contribution is -2.37. The summed E-state index contributed by atoms with van der Waals surface area (Å²) in [7, 11) is 1.97. The molecule has 2 unspecified atom stereocenters. The van der Waals surface area contributed by atoms with Gasteiger partial charge in [0, 0.05) is 23.2 Å². The summed E-state index contributed by atoms with van der Waals surface area (Å²) >= 11 is 6.11. The van der Waals surface area contributed by atoms with Gasteiger partial charge in [-0.2, -0.15) is 0 Å². The molecule has 4 heteroatoms. The molecular weight excluding hydrogens is 251 g/mol. The van der Waals surface area contributed by atoms with E-state index in [4.69, 9.17) is 17.3 Å². The van der Waals surface area contributed by atoms with Crippen LogP contribution in [0.3, 0.4) is 0 Å². The molecule has 0 aliphatic heterocycles. The number of nitrogens with zero attached hydrogens (tertiary/aromatic N) is 1. The number of nitrogens with two attached hydrogens (primary N) is 1. The molecule has 2 N–H and O–H groups in total. The summed E-state index contributed by atoms with van der Waals surface area (Å²) in [5.74, 6) is -0.284. The van der Waals surface area contributed by atoms with Crippen molar-refractivity contribution in [3.63, 3.8) is 0 Å². The standard InChI is InChI=1S/C14H22ClFN2/c1-4-6-10(2)18(3)13(9-17)14-11(15)7-5-8-12(14)16/h5,7-8,10,13H,4,6,9,17H2,1-3H3. The lowest BCUT2D eigenvalue weighted by atomic mass is 10.0. The predicted molar refractivity (Wildman–Crippen MR) is 75.3 cm³/mol. The van der Waals surface area contributed by atoms with Crippen molar-refractivity contribution in [1.82, 2.24) is 4.90 Å². The van der Waals surface area contributed by atoms with Gasteiger partial charge in [-0.15, -0.1) is 0 Å². The van der Waals surface area contributed by atoms with E-state index in [1.54, 1.807) is 12.1 Å². The van der Waals surface area contributed by atoms with E-state index < -0.39 is 0 Å². The van der Waals surface area contributed by atoms with E-state index in [0.717, 1.165) is 12.8 Å². The van der Waals surface area contributed by atoms with Gasteiger partial charge in [-0.3, -0.25) is 4.90 Å². The van der Waals surface area contributed by atoms with Gasteiger partial charge in [-0.05, 0) is 32.5 Å². The second kappa shape index (κ2) is 7.07. The van der Waals surface area contributed by atoms with Crippen molar-refractivity contribution in [2.45, 2.75) is 38.8 Å². The molecular formula is C14H22ClFN2. The fraction of sp³-hybridized carbons (Fsp3) is 0.571. The van der Waals surface area contributed by atoms with Gasteiger partial charge in [0.2, 0.25) is 0 Å². The minimum Gasteiger partial charge on any atom is -0.329 e. The molecule has 0 spiro atoms. The van der Waals surface area contributed by atoms with E-state index in [1.165, 1.54) is 6.07 Å². The van der Waals surface area contributed by atoms with Crippen molar-refractivity contribution >= 4 is 11.6 Å². The highest BCUT2D eigenvalue weighted by Crippen LogP contribution is 2.30. The molecule has 0 fully saturated rings. The number of benzene rings is 1. The highest BCUT2D eigenvalue weighted by Gasteiger charge is 2.24. The first-order chi connectivity index (χ1) is 8.52. The van der Waals surface area contributed by atoms with Crippen LogP contribution in [0.4, 0.5) is 4.39 Å². The zero-order chi connectivity index (χ0) is 13.7. The average Bonchev–Trinajstić information content (AvgIpc) is 2.33. The molecule has 0 amide bonds. The first kappa shape index (κ1) is 15.4. The molecule has 0 saturated carbocycles. The topological polar surface area (TPSA) is 29.3 Å². The molecule has 0 bridgehead atoms. The normalized spacial score (nSPS) is 14.8. The molecule has 1 aromatic carbocycles. The first-order valence-electron chi connectivity index (χ1n) is 6.38. The van der Waals surface area contributed by atoms with Crippen LogP contribution in [0.2, 0.25) is 5.02 Å². The van der Waals surface area contributed by atoms with Crippen molar-refractivity contribution in [1.29, 1.82) is 0 Å². The monoisotopic (exact) mass is 272 g/mol. The van der Waals surface area contributed by atoms with Gasteiger partial charge in [0.1, 0.15) is 5.82 Å². The number of hydrogen-bond donors (Lipinski definition) is 1. The summed E-state index contributed by atoms with van der Waals surface area (Å²) in [5, 5.41) is 0.445. The van der Waals surface area contributed by atoms with Crippen LogP contribution >= 0.6 is 11.6 Å². The van der Waals surface area contributed by atoms with Crippen LogP contribution in [0, 0.1) is 5.82 Å². The summed E-state index contributed by atoms with van der Waals surface area (Å²) < 4.78 is 13.9. The highest BCUT2D eigenvalue weighted by molar-refractivity contribution is 6.31. The van der Waals surface area contributed by atoms with Crippen molar-refractivity contribution in [2.75, 3.05) is 13.6 Å². The SMILES string of the molecule is CCCC(C)N(C)C(CN)c1c(F)cccc1Cl. The molecule has 0 saturated heterocycles. The third-order valence-electron chi connectivity index (χ3n) is 3.45. The van der Waals surface area contributed by atoms with E-state index in [9.17, 15) is 4.39 Å². The van der Waals surface area contributed by atoms with Gasteiger partial charge < -0.3 is 5.73 Å². The van der Waals surface area contributed by atoms with Crippen LogP contribution in [-0.4, -0.2) is 24.5 Å². The number of likely N-dealkylation sites (N-methyl/N-ethyl adjacent to an activating group) is 1. The summed E-state index contributed by atoms with van der Waals surface area (Å²) in [6.45, 7) is 4.62. The summed E-state index contributed by atoms with van der Waals surface area (Å²) in [6.07, 6.45) is 2.15. The van der Waals surface area contributed by atoms with Crippen LogP contribution in [0.1, 0.15) is 38.3 Å². The molecule has 0 aliphatic carbocycles. The zero-order valence-corrected chi connectivity index (χ0v) is 12.0. The lowest BCUT2D eigenvalue weighted by Gasteiger charge is -2.33. The molecule has 1 rings (SSSR count). The number of hydrogen-bond acceptors (Lipinski definition) is 2. The van der Waals surface area contributed by atoms with Gasteiger partial charge in [0.15, 0.2) is 0 Å². The summed E-state index contributed by atoms with van der Waals surface area (Å²) in [4.78, 5) is 2.10. The Balaban J connectivity index is 3.02. The van der Waals surface area contributed by atoms with E-state index in [2.05, 4.69) is 18.7 Å². The maximum Gasteiger partial charge on any atom is 0.129 e. The lowest BCUT2D eigenvalue weighted by molar-refractivity contribution is 0.176. The quantitative estimate of drug-likeness (QED) is 0.857. The molecule has 102 valence electrons. The van der Waals surface area contributed by atoms with E-state index in [0.29, 0.717) is 23.2 Å². The third-order valence-corrected chi connectivity index (χ3v) is 3.78. The third kappa shape index (κ3) is 3.44. The molecule has 18 heavy (non-hydrogen) atoms. The van der Waals surface area contributed by atoms with Crippen molar-refractivity contribution in [2.24, 2.45) is 5.73 Å². The Bertz CT molecular complexity index is 364. The minimum absolute atomic E-state index is 0.180. The van der Waals surface area contributed by atoms with Crippen LogP contribution in [0.5, 0.6) is 0 Å². The highest BCUT2D eigenvalue weighted by atomic mass is 35.5. The van der Waals surface area contributed by atoms with Crippen molar-refractivity contribution in [3.8, 4) is 0 Å². The van der Waals surface area contributed by atoms with Crippen molar-refractivity contribution < 1.29 is 4.39 Å². The molecule has 2 nitrogen and oxygen atoms in total. The Labute approximate surface area is 114 Å². The summed E-state index contributed by atoms with van der Waals surface area (Å²) in [5.41, 5.74) is 6.32. The molecule has 0 heterocycles. The number of halogens is 2. The zero-order valence-electron chi connectivity index (χ0n) is 11.3. The average molecular weight is 273 g/mol. The van der Waals surface area contributed by atoms with Gasteiger partial charge in [0.05, 0.1) is 6.04 Å². The first-order valence-corrected chi connectivity index (χ1v) is 6.76. The van der Waals surface area contributed by atoms with Crippen molar-refractivity contribution in [3.05, 3.63) is 34.6 Å². The van der Waals surface area contributed by atoms with Crippen LogP contribution in [0.15, 0.2) is 18.2 Å². The van der Waals surface area contributed by atoms with E-state index in [1.807, 2.05) is 7.05 Å². The number of rotatable bonds is 6. The Kier molecular flexibility index (Phi) is 6.06. The van der Waals surface area contributed by atoms with Gasteiger partial charge in [-0.1, -0.05) is 31.0 Å². The molecule has 0 radical (unpaired) electrons. The predicted octanol–water partition coefficient (Wildman–Crippen LogP) is 3.60. The van der Waals surface area contributed by atoms with Gasteiger partial charge in [-0.25, -0.2) is 4.39 Å². The second-order valence-electron chi connectivity index (χ2n) is 4.69. The Hall–Kier alpha value is -0.640. The second-order valence-corrected chi connectivity index (χ2v) is 5.10. The molecule has 0 aliphatic rings. The maximum atomic E-state index is 13.9. The van der Waals surface area contributed by atoms with E-state index >= 15 is 0 Å². The fourth-order valence-corrected chi connectivity index (χ4v) is 2.53. The largest absolute Gasteiger partial charge is 0.329 e. The van der Waals surface area contributed by atoms with Gasteiger partial charge >= 0.3 is 0 Å². The van der Waals surface area contributed by atoms with E-state index in [-0.39, 0.29) is 11.9 Å². The minimum atomic E-state index is -0.284. The summed E-state index contributed by atoms with van der Waals surface area (Å²) in [6, 6.07) is 4.92. The fourth-order valence-electron chi connectivity index (χ4n) is 2.25. The smallest absolute Gasteiger partial charge is 0.129 e. The van der Waals surface area contributed by atoms with Crippen LogP contribution in [-0.2, 0) is 0 Å². The molecule has 2 atom stereocenters. The Morgan fingerprint density at radius 2 is 2.11 bits per heavy atom. The van der Waals surface area contributed by atoms with Crippen LogP contribution in [0.25, 0.3) is 0 Å². The van der Waals surface area contributed by atoms with Crippen LogP contribution < -0.4 is 5.73 Å². The maximum absolute atomic E-state index is 13.9. The van der Waals surface area contributed by atoms with Gasteiger partial charge in [0.25, 0.3) is 0 Å². The Morgan fingerprint density at radius 1 is 1.44 bits per heavy atom. The molecule has 0 aromatic heterocycles. The molecule has 1 aromatic rings. The Morgan fingerprint density at radius 3 is 2.61 bits per heavy atom.